The molecule has 1 fully saturated rings. The lowest BCUT2D eigenvalue weighted by Crippen LogP contribution is -2.02. The van der Waals surface area contributed by atoms with Crippen molar-refractivity contribution in [3.63, 3.8) is 0 Å². The summed E-state index contributed by atoms with van der Waals surface area (Å²) in [6.45, 7) is 0. The average Bonchev–Trinajstić information content (AvgIpc) is 3.46. The van der Waals surface area contributed by atoms with E-state index in [1.54, 1.807) is 23.1 Å². The smallest absolute Gasteiger partial charge is 0.319 e. The topological polar surface area (TPSA) is 98.2 Å². The molecule has 5 rings (SSSR count). The highest BCUT2D eigenvalue weighted by Crippen LogP contribution is 2.55. The standard InChI is InChI=1S/C22H17FN6O2/c1-30-21-17(11-26-22(27-21)31-2)19-9-16(20-25-5-6-29(20)28-19)15-8-14(15)12-3-4-13(10-24)18(23)7-12/h3-7,9,11,14-15H,8H2,1-2H3/t14-,15+/m1/s1. The number of aromatic nitrogens is 5. The van der Waals surface area contributed by atoms with E-state index in [0.29, 0.717) is 17.1 Å². The summed E-state index contributed by atoms with van der Waals surface area (Å²) >= 11 is 0. The normalized spacial score (nSPS) is 17.4. The average molecular weight is 416 g/mol. The number of hydrogen-bond donors (Lipinski definition) is 0. The first-order chi connectivity index (χ1) is 15.1. The van der Waals surface area contributed by atoms with Gasteiger partial charge in [0.25, 0.3) is 0 Å². The van der Waals surface area contributed by atoms with Crippen molar-refractivity contribution in [1.29, 1.82) is 5.26 Å². The molecule has 0 radical (unpaired) electrons. The first-order valence-corrected chi connectivity index (χ1v) is 9.62. The Morgan fingerprint density at radius 3 is 2.77 bits per heavy atom. The SMILES string of the molecule is COc1ncc(-c2cc([C@H]3C[C@@H]3c3ccc(C#N)c(F)c3)c3nccn3n2)c(OC)n1. The largest absolute Gasteiger partial charge is 0.480 e. The fourth-order valence-corrected chi connectivity index (χ4v) is 3.89. The summed E-state index contributed by atoms with van der Waals surface area (Å²) in [4.78, 5) is 12.9. The summed E-state index contributed by atoms with van der Waals surface area (Å²) in [5.74, 6) is 0.162. The minimum atomic E-state index is -0.493. The molecule has 1 aliphatic carbocycles. The number of nitriles is 1. The quantitative estimate of drug-likeness (QED) is 0.491. The van der Waals surface area contributed by atoms with Gasteiger partial charge in [-0.3, -0.25) is 0 Å². The lowest BCUT2D eigenvalue weighted by atomic mass is 10.0. The molecule has 4 aromatic rings. The van der Waals surface area contributed by atoms with Crippen LogP contribution in [0.15, 0.2) is 42.9 Å². The molecule has 1 aliphatic rings. The molecule has 1 aromatic carbocycles. The Morgan fingerprint density at radius 2 is 2.03 bits per heavy atom. The maximum absolute atomic E-state index is 14.1. The first-order valence-electron chi connectivity index (χ1n) is 9.62. The molecule has 0 bridgehead atoms. The molecule has 2 atom stereocenters. The monoisotopic (exact) mass is 416 g/mol. The minimum absolute atomic E-state index is 0.0504. The maximum Gasteiger partial charge on any atom is 0.319 e. The van der Waals surface area contributed by atoms with Gasteiger partial charge in [0.05, 0.1) is 31.0 Å². The lowest BCUT2D eigenvalue weighted by Gasteiger charge is -2.10. The summed E-state index contributed by atoms with van der Waals surface area (Å²) < 4.78 is 26.3. The molecule has 9 heteroatoms. The molecule has 0 aliphatic heterocycles. The van der Waals surface area contributed by atoms with E-state index in [0.717, 1.165) is 23.2 Å². The zero-order valence-electron chi connectivity index (χ0n) is 16.8. The minimum Gasteiger partial charge on any atom is -0.480 e. The highest BCUT2D eigenvalue weighted by atomic mass is 19.1. The summed E-state index contributed by atoms with van der Waals surface area (Å²) in [6.07, 6.45) is 5.93. The summed E-state index contributed by atoms with van der Waals surface area (Å²) in [6, 6.07) is 8.82. The maximum atomic E-state index is 14.1. The van der Waals surface area contributed by atoms with Crippen LogP contribution in [0.3, 0.4) is 0 Å². The van der Waals surface area contributed by atoms with Crippen molar-refractivity contribution < 1.29 is 13.9 Å². The van der Waals surface area contributed by atoms with E-state index < -0.39 is 5.82 Å². The molecule has 0 amide bonds. The third kappa shape index (κ3) is 3.22. The lowest BCUT2D eigenvalue weighted by molar-refractivity contribution is 0.353. The van der Waals surface area contributed by atoms with Gasteiger partial charge in [-0.25, -0.2) is 18.9 Å². The molecule has 0 N–H and O–H groups in total. The van der Waals surface area contributed by atoms with Crippen molar-refractivity contribution in [1.82, 2.24) is 24.6 Å². The van der Waals surface area contributed by atoms with Crippen LogP contribution in [-0.2, 0) is 0 Å². The van der Waals surface area contributed by atoms with Gasteiger partial charge >= 0.3 is 6.01 Å². The Hall–Kier alpha value is -4.06. The molecular weight excluding hydrogens is 399 g/mol. The molecule has 3 heterocycles. The summed E-state index contributed by atoms with van der Waals surface area (Å²) in [7, 11) is 3.01. The van der Waals surface area contributed by atoms with Gasteiger partial charge in [0.2, 0.25) is 5.88 Å². The molecule has 154 valence electrons. The van der Waals surface area contributed by atoms with Crippen LogP contribution in [-0.4, -0.2) is 38.8 Å². The van der Waals surface area contributed by atoms with Crippen LogP contribution in [0.4, 0.5) is 4.39 Å². The van der Waals surface area contributed by atoms with Gasteiger partial charge in [0.15, 0.2) is 5.65 Å². The molecule has 0 spiro atoms. The second kappa shape index (κ2) is 7.32. The van der Waals surface area contributed by atoms with E-state index in [4.69, 9.17) is 14.7 Å². The second-order valence-corrected chi connectivity index (χ2v) is 7.26. The highest BCUT2D eigenvalue weighted by Gasteiger charge is 2.41. The van der Waals surface area contributed by atoms with Gasteiger partial charge in [-0.15, -0.1) is 0 Å². The Morgan fingerprint density at radius 1 is 1.16 bits per heavy atom. The predicted molar refractivity (Wildman–Crippen MR) is 108 cm³/mol. The molecular formula is C22H17FN6O2. The second-order valence-electron chi connectivity index (χ2n) is 7.26. The summed E-state index contributed by atoms with van der Waals surface area (Å²) in [5, 5.41) is 13.6. The van der Waals surface area contributed by atoms with E-state index in [1.165, 1.54) is 26.4 Å². The van der Waals surface area contributed by atoms with Gasteiger partial charge < -0.3 is 9.47 Å². The number of ether oxygens (including phenoxy) is 2. The third-order valence-electron chi connectivity index (χ3n) is 5.50. The van der Waals surface area contributed by atoms with E-state index in [1.807, 2.05) is 18.2 Å². The van der Waals surface area contributed by atoms with Crippen LogP contribution in [0, 0.1) is 17.1 Å². The van der Waals surface area contributed by atoms with Crippen molar-refractivity contribution >= 4 is 5.65 Å². The van der Waals surface area contributed by atoms with E-state index in [-0.39, 0.29) is 23.4 Å². The Bertz CT molecular complexity index is 1350. The van der Waals surface area contributed by atoms with Crippen molar-refractivity contribution in [2.75, 3.05) is 14.2 Å². The van der Waals surface area contributed by atoms with Crippen molar-refractivity contribution in [2.24, 2.45) is 0 Å². The van der Waals surface area contributed by atoms with Gasteiger partial charge in [0, 0.05) is 24.2 Å². The molecule has 1 saturated carbocycles. The van der Waals surface area contributed by atoms with Crippen LogP contribution in [0.5, 0.6) is 11.9 Å². The van der Waals surface area contributed by atoms with E-state index >= 15 is 0 Å². The predicted octanol–water partition coefficient (Wildman–Crippen LogP) is 3.49. The van der Waals surface area contributed by atoms with Crippen molar-refractivity contribution in [3.8, 4) is 29.2 Å². The van der Waals surface area contributed by atoms with Crippen LogP contribution in [0.25, 0.3) is 16.9 Å². The fraction of sp³-hybridized carbons (Fsp3) is 0.227. The number of benzene rings is 1. The van der Waals surface area contributed by atoms with Crippen LogP contribution in [0.2, 0.25) is 0 Å². The molecule has 8 nitrogen and oxygen atoms in total. The van der Waals surface area contributed by atoms with Crippen LogP contribution in [0.1, 0.15) is 34.9 Å². The Kier molecular flexibility index (Phi) is 4.47. The van der Waals surface area contributed by atoms with E-state index in [9.17, 15) is 4.39 Å². The molecule has 0 saturated heterocycles. The van der Waals surface area contributed by atoms with Gasteiger partial charge in [-0.05, 0) is 42.0 Å². The number of rotatable bonds is 5. The highest BCUT2D eigenvalue weighted by molar-refractivity contribution is 5.68. The molecule has 31 heavy (non-hydrogen) atoms. The number of methoxy groups -OCH3 is 2. The van der Waals surface area contributed by atoms with Gasteiger partial charge in [0.1, 0.15) is 11.9 Å². The van der Waals surface area contributed by atoms with E-state index in [2.05, 4.69) is 20.1 Å². The Labute approximate surface area is 176 Å². The summed E-state index contributed by atoms with van der Waals surface area (Å²) in [5.41, 5.74) is 3.93. The third-order valence-corrected chi connectivity index (χ3v) is 5.50. The number of halogens is 1. The molecule has 3 aromatic heterocycles. The number of hydrogen-bond acceptors (Lipinski definition) is 7. The fourth-order valence-electron chi connectivity index (χ4n) is 3.89. The van der Waals surface area contributed by atoms with Crippen molar-refractivity contribution in [3.05, 3.63) is 65.4 Å². The van der Waals surface area contributed by atoms with Gasteiger partial charge in [-0.2, -0.15) is 15.3 Å². The van der Waals surface area contributed by atoms with Crippen molar-refractivity contribution in [2.45, 2.75) is 18.3 Å². The number of nitrogens with zero attached hydrogens (tertiary/aromatic N) is 6. The zero-order chi connectivity index (χ0) is 21.5. The van der Waals surface area contributed by atoms with Crippen LogP contribution < -0.4 is 9.47 Å². The Balaban J connectivity index is 1.56. The zero-order valence-corrected chi connectivity index (χ0v) is 16.8. The van der Waals surface area contributed by atoms with Crippen LogP contribution >= 0.6 is 0 Å². The van der Waals surface area contributed by atoms with Gasteiger partial charge in [-0.1, -0.05) is 6.07 Å². The number of imidazole rings is 1. The first kappa shape index (κ1) is 18.9. The number of fused-ring (bicyclic) bond motifs is 1. The molecule has 0 unspecified atom stereocenters.